The van der Waals surface area contributed by atoms with Crippen molar-refractivity contribution in [3.8, 4) is 23.0 Å². The lowest BCUT2D eigenvalue weighted by atomic mass is 9.86. The first kappa shape index (κ1) is 30.3. The normalized spacial score (nSPS) is 15.1. The summed E-state index contributed by atoms with van der Waals surface area (Å²) in [6.45, 7) is 4.20. The minimum Gasteiger partial charge on any atom is -0.497 e. The van der Waals surface area contributed by atoms with Crippen LogP contribution < -0.4 is 18.9 Å². The van der Waals surface area contributed by atoms with Gasteiger partial charge in [0.15, 0.2) is 11.5 Å². The number of nitrogens with zero attached hydrogens (tertiary/aromatic N) is 1. The molecule has 230 valence electrons. The molecule has 6 rings (SSSR count). The van der Waals surface area contributed by atoms with Gasteiger partial charge in [-0.25, -0.2) is 0 Å². The fourth-order valence-electron chi connectivity index (χ4n) is 6.28. The molecule has 45 heavy (non-hydrogen) atoms. The van der Waals surface area contributed by atoms with E-state index in [1.165, 1.54) is 16.7 Å². The average molecular weight is 600 g/mol. The minimum atomic E-state index is 0.0696. The van der Waals surface area contributed by atoms with Crippen LogP contribution in [0.2, 0.25) is 0 Å². The smallest absolute Gasteiger partial charge is 0.162 e. The molecule has 0 aromatic heterocycles. The molecule has 0 N–H and O–H groups in total. The van der Waals surface area contributed by atoms with Crippen LogP contribution in [0.5, 0.6) is 23.0 Å². The molecule has 0 radical (unpaired) electrons. The van der Waals surface area contributed by atoms with Gasteiger partial charge in [-0.2, -0.15) is 0 Å². The van der Waals surface area contributed by atoms with Crippen molar-refractivity contribution in [2.45, 2.75) is 45.1 Å². The van der Waals surface area contributed by atoms with E-state index in [4.69, 9.17) is 18.9 Å². The molecule has 0 spiro atoms. The third kappa shape index (κ3) is 7.16. The predicted molar refractivity (Wildman–Crippen MR) is 179 cm³/mol. The standard InChI is InChI=1S/C40H41NO4/c1-29(32-17-11-6-12-18-32)41-22-21-33-25-39(43-3)40(45-28-31-15-9-5-10-16-31)26-36(33)37(41)24-34-23-35(42-2)19-20-38(34)44-27-30-13-7-4-8-14-30/h4-20,23,25-26,29,37H,21-22,24,27-28H2,1-3H3/t29-,37-/m0/s1. The van der Waals surface area contributed by atoms with E-state index in [9.17, 15) is 0 Å². The quantitative estimate of drug-likeness (QED) is 0.143. The fourth-order valence-corrected chi connectivity index (χ4v) is 6.28. The van der Waals surface area contributed by atoms with E-state index in [1.54, 1.807) is 14.2 Å². The van der Waals surface area contributed by atoms with Gasteiger partial charge in [-0.05, 0) is 83.5 Å². The first-order chi connectivity index (χ1) is 22.1. The summed E-state index contributed by atoms with van der Waals surface area (Å²) in [5.41, 5.74) is 7.20. The molecule has 2 atom stereocenters. The number of benzene rings is 5. The molecule has 0 amide bonds. The van der Waals surface area contributed by atoms with Crippen LogP contribution in [-0.4, -0.2) is 25.7 Å². The summed E-state index contributed by atoms with van der Waals surface area (Å²) in [4.78, 5) is 2.62. The van der Waals surface area contributed by atoms with Gasteiger partial charge in [-0.3, -0.25) is 4.90 Å². The zero-order valence-corrected chi connectivity index (χ0v) is 26.3. The van der Waals surface area contributed by atoms with Crippen molar-refractivity contribution in [3.05, 3.63) is 155 Å². The number of hydrogen-bond acceptors (Lipinski definition) is 5. The molecule has 0 fully saturated rings. The van der Waals surface area contributed by atoms with Crippen molar-refractivity contribution in [1.29, 1.82) is 0 Å². The van der Waals surface area contributed by atoms with Crippen LogP contribution in [0.15, 0.2) is 121 Å². The second kappa shape index (κ2) is 14.4. The molecule has 0 unspecified atom stereocenters. The van der Waals surface area contributed by atoms with Crippen molar-refractivity contribution in [1.82, 2.24) is 4.90 Å². The number of methoxy groups -OCH3 is 2. The van der Waals surface area contributed by atoms with Crippen molar-refractivity contribution in [3.63, 3.8) is 0 Å². The van der Waals surface area contributed by atoms with Crippen molar-refractivity contribution >= 4 is 0 Å². The Labute approximate surface area is 267 Å². The summed E-state index contributed by atoms with van der Waals surface area (Å²) in [5.74, 6) is 3.21. The summed E-state index contributed by atoms with van der Waals surface area (Å²) in [6.07, 6.45) is 1.67. The molecule has 1 aliphatic rings. The average Bonchev–Trinajstić information content (AvgIpc) is 3.10. The zero-order chi connectivity index (χ0) is 31.0. The highest BCUT2D eigenvalue weighted by molar-refractivity contribution is 5.51. The van der Waals surface area contributed by atoms with Crippen LogP contribution in [0.1, 0.15) is 52.4 Å². The molecular formula is C40H41NO4. The van der Waals surface area contributed by atoms with E-state index in [0.717, 1.165) is 59.1 Å². The third-order valence-electron chi connectivity index (χ3n) is 8.76. The topological polar surface area (TPSA) is 40.2 Å². The summed E-state index contributed by atoms with van der Waals surface area (Å²) < 4.78 is 24.4. The van der Waals surface area contributed by atoms with Gasteiger partial charge in [0.1, 0.15) is 24.7 Å². The maximum absolute atomic E-state index is 6.46. The third-order valence-corrected chi connectivity index (χ3v) is 8.76. The first-order valence-corrected chi connectivity index (χ1v) is 15.6. The molecule has 5 aromatic rings. The highest BCUT2D eigenvalue weighted by Gasteiger charge is 2.33. The molecule has 0 bridgehead atoms. The molecule has 1 heterocycles. The Hall–Kier alpha value is -4.74. The van der Waals surface area contributed by atoms with Crippen molar-refractivity contribution in [2.75, 3.05) is 20.8 Å². The fraction of sp³-hybridized carbons (Fsp3) is 0.250. The maximum atomic E-state index is 6.46. The molecule has 0 saturated carbocycles. The Morgan fingerprint density at radius 1 is 0.667 bits per heavy atom. The summed E-state index contributed by atoms with van der Waals surface area (Å²) in [7, 11) is 3.43. The van der Waals surface area contributed by atoms with Gasteiger partial charge >= 0.3 is 0 Å². The zero-order valence-electron chi connectivity index (χ0n) is 26.3. The van der Waals surface area contributed by atoms with Crippen molar-refractivity contribution < 1.29 is 18.9 Å². The SMILES string of the molecule is COc1ccc(OCc2ccccc2)c(C[C@H]2c3cc(OCc4ccccc4)c(OC)cc3CCN2[C@@H](C)c2ccccc2)c1. The molecule has 1 aliphatic heterocycles. The number of fused-ring (bicyclic) bond motifs is 1. The Kier molecular flexibility index (Phi) is 9.67. The lowest BCUT2D eigenvalue weighted by Crippen LogP contribution is -2.38. The summed E-state index contributed by atoms with van der Waals surface area (Å²) in [6, 6.07) is 42.1. The van der Waals surface area contributed by atoms with E-state index < -0.39 is 0 Å². The Balaban J connectivity index is 1.38. The monoisotopic (exact) mass is 599 g/mol. The van der Waals surface area contributed by atoms with E-state index in [2.05, 4.69) is 84.6 Å². The highest BCUT2D eigenvalue weighted by atomic mass is 16.5. The van der Waals surface area contributed by atoms with E-state index in [1.807, 2.05) is 48.5 Å². The van der Waals surface area contributed by atoms with Crippen LogP contribution in [0.25, 0.3) is 0 Å². The van der Waals surface area contributed by atoms with Gasteiger partial charge in [-0.1, -0.05) is 91.0 Å². The molecule has 0 aliphatic carbocycles. The van der Waals surface area contributed by atoms with E-state index >= 15 is 0 Å². The van der Waals surface area contributed by atoms with Crippen LogP contribution >= 0.6 is 0 Å². The van der Waals surface area contributed by atoms with Gasteiger partial charge in [0.2, 0.25) is 0 Å². The number of rotatable bonds is 12. The molecular weight excluding hydrogens is 558 g/mol. The van der Waals surface area contributed by atoms with E-state index in [0.29, 0.717) is 13.2 Å². The Bertz CT molecular complexity index is 1670. The Morgan fingerprint density at radius 3 is 1.91 bits per heavy atom. The molecule has 5 heteroatoms. The summed E-state index contributed by atoms with van der Waals surface area (Å²) in [5, 5.41) is 0. The van der Waals surface area contributed by atoms with Gasteiger partial charge in [0, 0.05) is 18.6 Å². The molecule has 5 aromatic carbocycles. The Morgan fingerprint density at radius 2 is 1.29 bits per heavy atom. The lowest BCUT2D eigenvalue weighted by molar-refractivity contribution is 0.130. The largest absolute Gasteiger partial charge is 0.497 e. The van der Waals surface area contributed by atoms with Crippen molar-refractivity contribution in [2.24, 2.45) is 0 Å². The minimum absolute atomic E-state index is 0.0696. The predicted octanol–water partition coefficient (Wildman–Crippen LogP) is 8.76. The van der Waals surface area contributed by atoms with Crippen LogP contribution in [0, 0.1) is 0 Å². The van der Waals surface area contributed by atoms with Crippen LogP contribution in [-0.2, 0) is 26.1 Å². The molecule has 5 nitrogen and oxygen atoms in total. The highest BCUT2D eigenvalue weighted by Crippen LogP contribution is 2.44. The van der Waals surface area contributed by atoms with E-state index in [-0.39, 0.29) is 12.1 Å². The number of hydrogen-bond donors (Lipinski definition) is 0. The van der Waals surface area contributed by atoms with Gasteiger partial charge < -0.3 is 18.9 Å². The molecule has 0 saturated heterocycles. The maximum Gasteiger partial charge on any atom is 0.162 e. The first-order valence-electron chi connectivity index (χ1n) is 15.6. The lowest BCUT2D eigenvalue weighted by Gasteiger charge is -2.42. The summed E-state index contributed by atoms with van der Waals surface area (Å²) >= 11 is 0. The number of ether oxygens (including phenoxy) is 4. The second-order valence-corrected chi connectivity index (χ2v) is 11.5. The second-order valence-electron chi connectivity index (χ2n) is 11.5. The van der Waals surface area contributed by atoms with Crippen LogP contribution in [0.3, 0.4) is 0 Å². The van der Waals surface area contributed by atoms with Gasteiger partial charge in [0.05, 0.1) is 14.2 Å². The van der Waals surface area contributed by atoms with Gasteiger partial charge in [-0.15, -0.1) is 0 Å². The van der Waals surface area contributed by atoms with Gasteiger partial charge in [0.25, 0.3) is 0 Å². The van der Waals surface area contributed by atoms with Crippen LogP contribution in [0.4, 0.5) is 0 Å².